The zero-order chi connectivity index (χ0) is 28.3. The molecule has 2 unspecified atom stereocenters. The zero-order valence-electron chi connectivity index (χ0n) is 23.2. The Morgan fingerprint density at radius 3 is 2.51 bits per heavy atom. The Morgan fingerprint density at radius 1 is 1.08 bits per heavy atom. The first-order valence-corrected chi connectivity index (χ1v) is 13.6. The molecular formula is C32H36ClNO5. The Kier molecular flexibility index (Phi) is 8.67. The van der Waals surface area contributed by atoms with Crippen LogP contribution in [-0.4, -0.2) is 47.4 Å². The second-order valence-electron chi connectivity index (χ2n) is 11.1. The largest absolute Gasteiger partial charge is 0.465 e. The molecule has 1 amide bonds. The number of rotatable bonds is 6. The quantitative estimate of drug-likeness (QED) is 0.337. The maximum atomic E-state index is 13.4. The van der Waals surface area contributed by atoms with E-state index in [9.17, 15) is 14.7 Å². The van der Waals surface area contributed by atoms with Gasteiger partial charge in [0.25, 0.3) is 0 Å². The fraction of sp³-hybridized carbons (Fsp3) is 0.375. The number of aryl methyl sites for hydroxylation is 2. The summed E-state index contributed by atoms with van der Waals surface area (Å²) in [6.07, 6.45) is 0.875. The van der Waals surface area contributed by atoms with Crippen molar-refractivity contribution in [3.63, 3.8) is 0 Å². The predicted molar refractivity (Wildman–Crippen MR) is 153 cm³/mol. The van der Waals surface area contributed by atoms with Gasteiger partial charge in [-0.3, -0.25) is 0 Å². The monoisotopic (exact) mass is 549 g/mol. The van der Waals surface area contributed by atoms with Gasteiger partial charge in [0, 0.05) is 11.1 Å². The second-order valence-corrected chi connectivity index (χ2v) is 11.5. The van der Waals surface area contributed by atoms with E-state index >= 15 is 0 Å². The normalized spacial score (nSPS) is 15.7. The maximum absolute atomic E-state index is 13.4. The van der Waals surface area contributed by atoms with Crippen molar-refractivity contribution in [2.24, 2.45) is 0 Å². The summed E-state index contributed by atoms with van der Waals surface area (Å²) in [5.74, 6) is -0.361. The minimum atomic E-state index is -0.903. The molecule has 39 heavy (non-hydrogen) atoms. The Balaban J connectivity index is 1.61. The SMILES string of the molecule is COC(=O)c1ccc(-c2ccc3c(c2)CC(N(CC(O)c2cccc(Cl)c2)C(=O)OC(C)(C)C)CC3)c(C)c1. The van der Waals surface area contributed by atoms with Crippen LogP contribution in [0, 0.1) is 6.92 Å². The van der Waals surface area contributed by atoms with Crippen LogP contribution in [0.5, 0.6) is 0 Å². The van der Waals surface area contributed by atoms with Gasteiger partial charge in [-0.2, -0.15) is 0 Å². The Labute approximate surface area is 235 Å². The summed E-state index contributed by atoms with van der Waals surface area (Å²) in [5.41, 5.74) is 5.97. The highest BCUT2D eigenvalue weighted by Crippen LogP contribution is 2.32. The highest BCUT2D eigenvalue weighted by Gasteiger charge is 2.33. The van der Waals surface area contributed by atoms with Crippen molar-refractivity contribution < 1.29 is 24.2 Å². The van der Waals surface area contributed by atoms with Crippen LogP contribution in [0.3, 0.4) is 0 Å². The lowest BCUT2D eigenvalue weighted by molar-refractivity contribution is 0.00195. The number of halogens is 1. The lowest BCUT2D eigenvalue weighted by atomic mass is 9.85. The molecule has 0 aliphatic heterocycles. The topological polar surface area (TPSA) is 76.1 Å². The number of esters is 1. The summed E-state index contributed by atoms with van der Waals surface area (Å²) in [4.78, 5) is 27.0. The first kappa shape index (κ1) is 28.7. The molecule has 4 rings (SSSR count). The molecule has 0 saturated carbocycles. The summed E-state index contributed by atoms with van der Waals surface area (Å²) in [6, 6.07) is 18.9. The summed E-state index contributed by atoms with van der Waals surface area (Å²) in [6.45, 7) is 7.60. The Morgan fingerprint density at radius 2 is 1.85 bits per heavy atom. The van der Waals surface area contributed by atoms with Crippen LogP contribution < -0.4 is 0 Å². The van der Waals surface area contributed by atoms with Crippen molar-refractivity contribution in [3.8, 4) is 11.1 Å². The maximum Gasteiger partial charge on any atom is 0.410 e. The van der Waals surface area contributed by atoms with E-state index in [-0.39, 0.29) is 18.6 Å². The molecule has 0 bridgehead atoms. The molecule has 6 nitrogen and oxygen atoms in total. The first-order valence-electron chi connectivity index (χ1n) is 13.2. The number of amides is 1. The third kappa shape index (κ3) is 7.00. The zero-order valence-corrected chi connectivity index (χ0v) is 23.9. The van der Waals surface area contributed by atoms with Crippen LogP contribution in [0.1, 0.15) is 65.9 Å². The highest BCUT2D eigenvalue weighted by atomic mass is 35.5. The van der Waals surface area contributed by atoms with E-state index in [1.54, 1.807) is 35.2 Å². The molecule has 2 atom stereocenters. The van der Waals surface area contributed by atoms with Gasteiger partial charge in [0.05, 0.1) is 25.3 Å². The third-order valence-electron chi connectivity index (χ3n) is 7.04. The van der Waals surface area contributed by atoms with E-state index < -0.39 is 17.8 Å². The van der Waals surface area contributed by atoms with Crippen LogP contribution >= 0.6 is 11.6 Å². The lowest BCUT2D eigenvalue weighted by Gasteiger charge is -2.37. The van der Waals surface area contributed by atoms with Crippen LogP contribution in [-0.2, 0) is 22.3 Å². The summed E-state index contributed by atoms with van der Waals surface area (Å²) in [7, 11) is 1.38. The van der Waals surface area contributed by atoms with Crippen LogP contribution in [0.15, 0.2) is 60.7 Å². The van der Waals surface area contributed by atoms with E-state index in [0.29, 0.717) is 22.6 Å². The average Bonchev–Trinajstić information content (AvgIpc) is 2.89. The number of benzene rings is 3. The number of fused-ring (bicyclic) bond motifs is 1. The molecule has 3 aromatic rings. The van der Waals surface area contributed by atoms with Crippen LogP contribution in [0.2, 0.25) is 5.02 Å². The number of hydrogen-bond acceptors (Lipinski definition) is 5. The molecule has 206 valence electrons. The van der Waals surface area contributed by atoms with Gasteiger partial charge >= 0.3 is 12.1 Å². The van der Waals surface area contributed by atoms with E-state index in [0.717, 1.165) is 35.1 Å². The first-order chi connectivity index (χ1) is 18.4. The minimum Gasteiger partial charge on any atom is -0.465 e. The number of nitrogens with zero attached hydrogens (tertiary/aromatic N) is 1. The molecular weight excluding hydrogens is 514 g/mol. The minimum absolute atomic E-state index is 0.100. The lowest BCUT2D eigenvalue weighted by Crippen LogP contribution is -2.47. The fourth-order valence-electron chi connectivity index (χ4n) is 5.10. The van der Waals surface area contributed by atoms with Crippen LogP contribution in [0.4, 0.5) is 4.79 Å². The standard InChI is InChI=1S/C32H36ClNO5/c1-20-15-24(30(36)38-5)12-14-28(20)22-10-9-21-11-13-27(18-25(21)16-22)34(31(37)39-32(2,3)4)19-29(35)23-7-6-8-26(33)17-23/h6-10,12,14-17,27,29,35H,11,13,18-19H2,1-5H3. The summed E-state index contributed by atoms with van der Waals surface area (Å²) in [5, 5.41) is 11.6. The van der Waals surface area contributed by atoms with Gasteiger partial charge in [-0.25, -0.2) is 9.59 Å². The van der Waals surface area contributed by atoms with Gasteiger partial charge in [-0.05, 0) is 105 Å². The average molecular weight is 550 g/mol. The van der Waals surface area contributed by atoms with E-state index in [1.807, 2.05) is 39.8 Å². The van der Waals surface area contributed by atoms with Gasteiger partial charge < -0.3 is 19.5 Å². The van der Waals surface area contributed by atoms with Crippen molar-refractivity contribution in [3.05, 3.63) is 93.5 Å². The molecule has 0 heterocycles. The number of aliphatic hydroxyl groups excluding tert-OH is 1. The summed E-state index contributed by atoms with van der Waals surface area (Å²) >= 11 is 6.15. The number of methoxy groups -OCH3 is 1. The smallest absolute Gasteiger partial charge is 0.410 e. The number of aliphatic hydroxyl groups is 1. The summed E-state index contributed by atoms with van der Waals surface area (Å²) < 4.78 is 10.6. The van der Waals surface area contributed by atoms with Gasteiger partial charge in [0.15, 0.2) is 0 Å². The van der Waals surface area contributed by atoms with E-state index in [2.05, 4.69) is 18.2 Å². The van der Waals surface area contributed by atoms with E-state index in [1.165, 1.54) is 12.7 Å². The van der Waals surface area contributed by atoms with E-state index in [4.69, 9.17) is 21.1 Å². The molecule has 3 aromatic carbocycles. The number of carbonyl (C=O) groups excluding carboxylic acids is 2. The third-order valence-corrected chi connectivity index (χ3v) is 7.27. The highest BCUT2D eigenvalue weighted by molar-refractivity contribution is 6.30. The predicted octanol–water partition coefficient (Wildman–Crippen LogP) is 6.93. The van der Waals surface area contributed by atoms with Gasteiger partial charge in [-0.15, -0.1) is 0 Å². The van der Waals surface area contributed by atoms with Gasteiger partial charge in [0.2, 0.25) is 0 Å². The Bertz CT molecular complexity index is 1360. The Hall–Kier alpha value is -3.35. The van der Waals surface area contributed by atoms with Crippen molar-refractivity contribution in [2.75, 3.05) is 13.7 Å². The molecule has 0 fully saturated rings. The van der Waals surface area contributed by atoms with Crippen molar-refractivity contribution in [2.45, 2.75) is 64.7 Å². The molecule has 7 heteroatoms. The fourth-order valence-corrected chi connectivity index (χ4v) is 5.30. The van der Waals surface area contributed by atoms with Crippen LogP contribution in [0.25, 0.3) is 11.1 Å². The molecule has 1 N–H and O–H groups in total. The molecule has 1 aliphatic rings. The molecule has 0 aromatic heterocycles. The second kappa shape index (κ2) is 11.8. The molecule has 1 aliphatic carbocycles. The number of carbonyl (C=O) groups is 2. The number of ether oxygens (including phenoxy) is 2. The van der Waals surface area contributed by atoms with Crippen molar-refractivity contribution in [1.82, 2.24) is 4.90 Å². The number of hydrogen-bond donors (Lipinski definition) is 1. The van der Waals surface area contributed by atoms with Gasteiger partial charge in [-0.1, -0.05) is 48.0 Å². The molecule has 0 spiro atoms. The molecule has 0 saturated heterocycles. The van der Waals surface area contributed by atoms with Crippen molar-refractivity contribution >= 4 is 23.7 Å². The molecule has 0 radical (unpaired) electrons. The van der Waals surface area contributed by atoms with Gasteiger partial charge in [0.1, 0.15) is 5.60 Å². The van der Waals surface area contributed by atoms with Crippen molar-refractivity contribution in [1.29, 1.82) is 0 Å².